The molecule has 0 saturated heterocycles. The van der Waals surface area contributed by atoms with Gasteiger partial charge in [0.1, 0.15) is 0 Å². The van der Waals surface area contributed by atoms with Crippen LogP contribution in [0, 0.1) is 0 Å². The van der Waals surface area contributed by atoms with Gasteiger partial charge in [0.15, 0.2) is 0 Å². The van der Waals surface area contributed by atoms with E-state index in [-0.39, 0.29) is 11.9 Å². The van der Waals surface area contributed by atoms with Crippen molar-refractivity contribution in [3.05, 3.63) is 58.6 Å². The minimum absolute atomic E-state index is 0.0364. The van der Waals surface area contributed by atoms with Gasteiger partial charge in [0.2, 0.25) is 0 Å². The van der Waals surface area contributed by atoms with Crippen LogP contribution in [0.5, 0.6) is 0 Å². The van der Waals surface area contributed by atoms with Gasteiger partial charge in [0, 0.05) is 34.8 Å². The summed E-state index contributed by atoms with van der Waals surface area (Å²) in [5, 5.41) is 3.05. The Labute approximate surface area is 126 Å². The number of nitrogens with zero attached hydrogens (tertiary/aromatic N) is 2. The molecule has 0 aliphatic carbocycles. The van der Waals surface area contributed by atoms with Gasteiger partial charge in [-0.3, -0.25) is 14.8 Å². The second-order valence-electron chi connectivity index (χ2n) is 4.49. The third kappa shape index (κ3) is 3.87. The molecular weight excluding hydrogens is 318 g/mol. The average Bonchev–Trinajstić information content (AvgIpc) is 2.47. The third-order valence-corrected chi connectivity index (χ3v) is 3.39. The fourth-order valence-electron chi connectivity index (χ4n) is 1.97. The Morgan fingerprint density at radius 2 is 2.05 bits per heavy atom. The topological polar surface area (TPSA) is 54.9 Å². The molecule has 0 spiro atoms. The molecule has 0 aliphatic heterocycles. The minimum Gasteiger partial charge on any atom is -0.345 e. The molecule has 1 N–H and O–H groups in total. The van der Waals surface area contributed by atoms with Gasteiger partial charge in [0.05, 0.1) is 6.04 Å². The summed E-state index contributed by atoms with van der Waals surface area (Å²) in [7, 11) is 0. The molecule has 2 aromatic rings. The lowest BCUT2D eigenvalue weighted by atomic mass is 10.0. The van der Waals surface area contributed by atoms with E-state index in [0.717, 1.165) is 22.9 Å². The van der Waals surface area contributed by atoms with Gasteiger partial charge in [-0.15, -0.1) is 0 Å². The zero-order valence-electron chi connectivity index (χ0n) is 11.2. The lowest BCUT2D eigenvalue weighted by molar-refractivity contribution is 0.0934. The Kier molecular flexibility index (Phi) is 5.24. The van der Waals surface area contributed by atoms with Gasteiger partial charge in [-0.05, 0) is 46.1 Å². The highest BCUT2D eigenvalue weighted by atomic mass is 79.9. The molecule has 1 unspecified atom stereocenters. The summed E-state index contributed by atoms with van der Waals surface area (Å²) < 4.78 is 0.911. The van der Waals surface area contributed by atoms with Crippen LogP contribution in [0.3, 0.4) is 0 Å². The van der Waals surface area contributed by atoms with Crippen LogP contribution in [0.4, 0.5) is 0 Å². The monoisotopic (exact) mass is 333 g/mol. The fraction of sp³-hybridized carbons (Fsp3) is 0.267. The van der Waals surface area contributed by atoms with E-state index in [1.807, 2.05) is 6.07 Å². The van der Waals surface area contributed by atoms with Crippen LogP contribution in [-0.4, -0.2) is 15.9 Å². The van der Waals surface area contributed by atoms with E-state index in [0.29, 0.717) is 5.56 Å². The van der Waals surface area contributed by atoms with Crippen molar-refractivity contribution in [2.45, 2.75) is 25.8 Å². The van der Waals surface area contributed by atoms with Crippen molar-refractivity contribution in [1.29, 1.82) is 0 Å². The summed E-state index contributed by atoms with van der Waals surface area (Å²) in [6.07, 6.45) is 8.60. The van der Waals surface area contributed by atoms with E-state index in [1.54, 1.807) is 36.9 Å². The smallest absolute Gasteiger partial charge is 0.251 e. The van der Waals surface area contributed by atoms with Crippen molar-refractivity contribution in [1.82, 2.24) is 15.3 Å². The van der Waals surface area contributed by atoms with Gasteiger partial charge in [0.25, 0.3) is 5.91 Å². The lowest BCUT2D eigenvalue weighted by Gasteiger charge is -2.18. The molecule has 1 atom stereocenters. The van der Waals surface area contributed by atoms with Crippen LogP contribution in [-0.2, 0) is 0 Å². The summed E-state index contributed by atoms with van der Waals surface area (Å²) >= 11 is 3.41. The van der Waals surface area contributed by atoms with Gasteiger partial charge >= 0.3 is 0 Å². The van der Waals surface area contributed by atoms with Crippen molar-refractivity contribution in [3.63, 3.8) is 0 Å². The first-order valence-corrected chi connectivity index (χ1v) is 7.31. The average molecular weight is 334 g/mol. The predicted octanol–water partition coefficient (Wildman–Crippen LogP) is 3.51. The molecule has 0 saturated carbocycles. The number of nitrogens with one attached hydrogen (secondary N) is 1. The number of halogens is 1. The molecule has 2 heterocycles. The number of aromatic nitrogens is 2. The Morgan fingerprint density at radius 1 is 1.30 bits per heavy atom. The van der Waals surface area contributed by atoms with E-state index in [9.17, 15) is 4.79 Å². The minimum atomic E-state index is -0.0918. The van der Waals surface area contributed by atoms with Gasteiger partial charge in [-0.25, -0.2) is 0 Å². The molecule has 0 bridgehead atoms. The van der Waals surface area contributed by atoms with Crippen molar-refractivity contribution >= 4 is 21.8 Å². The summed E-state index contributed by atoms with van der Waals surface area (Å²) in [5.74, 6) is -0.0918. The van der Waals surface area contributed by atoms with Gasteiger partial charge < -0.3 is 5.32 Å². The maximum absolute atomic E-state index is 12.2. The number of carbonyl (C=O) groups excluding carboxylic acids is 1. The highest BCUT2D eigenvalue weighted by Crippen LogP contribution is 2.21. The van der Waals surface area contributed by atoms with Crippen molar-refractivity contribution in [2.24, 2.45) is 0 Å². The van der Waals surface area contributed by atoms with Gasteiger partial charge in [-0.2, -0.15) is 0 Å². The predicted molar refractivity (Wildman–Crippen MR) is 81.3 cm³/mol. The molecule has 0 fully saturated rings. The number of hydrogen-bond donors (Lipinski definition) is 1. The van der Waals surface area contributed by atoms with Crippen LogP contribution in [0.25, 0.3) is 0 Å². The highest BCUT2D eigenvalue weighted by Gasteiger charge is 2.15. The molecule has 2 aromatic heterocycles. The maximum atomic E-state index is 12.2. The summed E-state index contributed by atoms with van der Waals surface area (Å²) in [5.41, 5.74) is 1.62. The number of pyridine rings is 2. The Hall–Kier alpha value is -1.75. The second-order valence-corrected chi connectivity index (χ2v) is 5.40. The fourth-order valence-corrected chi connectivity index (χ4v) is 2.36. The first-order chi connectivity index (χ1) is 9.70. The molecule has 5 heteroatoms. The van der Waals surface area contributed by atoms with Crippen molar-refractivity contribution < 1.29 is 4.79 Å². The summed E-state index contributed by atoms with van der Waals surface area (Å²) in [6.45, 7) is 2.09. The quantitative estimate of drug-likeness (QED) is 0.910. The number of carbonyl (C=O) groups is 1. The zero-order chi connectivity index (χ0) is 14.4. The van der Waals surface area contributed by atoms with E-state index in [4.69, 9.17) is 0 Å². The third-order valence-electron chi connectivity index (χ3n) is 2.95. The molecule has 0 aromatic carbocycles. The first-order valence-electron chi connectivity index (χ1n) is 6.52. The summed E-state index contributed by atoms with van der Waals surface area (Å²) in [4.78, 5) is 20.3. The SMILES string of the molecule is CCCC(NC(=O)c1ccncc1)c1cncc(Br)c1. The Morgan fingerprint density at radius 3 is 2.70 bits per heavy atom. The number of amides is 1. The maximum Gasteiger partial charge on any atom is 0.251 e. The molecule has 4 nitrogen and oxygen atoms in total. The Bertz CT molecular complexity index is 574. The van der Waals surface area contributed by atoms with Crippen LogP contribution in [0.15, 0.2) is 47.5 Å². The van der Waals surface area contributed by atoms with E-state index in [1.165, 1.54) is 0 Å². The zero-order valence-corrected chi connectivity index (χ0v) is 12.8. The standard InChI is InChI=1S/C15H16BrN3O/c1-2-3-14(12-8-13(16)10-18-9-12)19-15(20)11-4-6-17-7-5-11/h4-10,14H,2-3H2,1H3,(H,19,20). The largest absolute Gasteiger partial charge is 0.345 e. The van der Waals surface area contributed by atoms with E-state index in [2.05, 4.69) is 38.1 Å². The number of hydrogen-bond acceptors (Lipinski definition) is 3. The number of rotatable bonds is 5. The molecule has 0 aliphatic rings. The lowest BCUT2D eigenvalue weighted by Crippen LogP contribution is -2.28. The second kappa shape index (κ2) is 7.14. The van der Waals surface area contributed by atoms with E-state index < -0.39 is 0 Å². The summed E-state index contributed by atoms with van der Waals surface area (Å²) in [6, 6.07) is 5.36. The van der Waals surface area contributed by atoms with Crippen LogP contribution < -0.4 is 5.32 Å². The molecule has 2 rings (SSSR count). The van der Waals surface area contributed by atoms with Crippen molar-refractivity contribution in [2.75, 3.05) is 0 Å². The van der Waals surface area contributed by atoms with E-state index >= 15 is 0 Å². The molecule has 0 radical (unpaired) electrons. The molecule has 104 valence electrons. The van der Waals surface area contributed by atoms with Crippen molar-refractivity contribution in [3.8, 4) is 0 Å². The molecule has 20 heavy (non-hydrogen) atoms. The van der Waals surface area contributed by atoms with Gasteiger partial charge in [-0.1, -0.05) is 13.3 Å². The van der Waals surface area contributed by atoms with Crippen LogP contribution >= 0.6 is 15.9 Å². The highest BCUT2D eigenvalue weighted by molar-refractivity contribution is 9.10. The first kappa shape index (κ1) is 14.7. The molecule has 1 amide bonds. The van der Waals surface area contributed by atoms with Crippen LogP contribution in [0.2, 0.25) is 0 Å². The molecular formula is C15H16BrN3O. The normalized spacial score (nSPS) is 11.9. The Balaban J connectivity index is 2.16. The van der Waals surface area contributed by atoms with Crippen LogP contribution in [0.1, 0.15) is 41.7 Å².